The summed E-state index contributed by atoms with van der Waals surface area (Å²) in [4.78, 5) is 7.95. The van der Waals surface area contributed by atoms with Crippen LogP contribution in [0.25, 0.3) is 5.69 Å². The Labute approximate surface area is 176 Å². The van der Waals surface area contributed by atoms with Gasteiger partial charge in [-0.25, -0.2) is 14.6 Å². The Morgan fingerprint density at radius 2 is 1.60 bits per heavy atom. The van der Waals surface area contributed by atoms with E-state index in [0.717, 1.165) is 29.1 Å². The maximum Gasteiger partial charge on any atom is 0.115 e. The molecule has 0 fully saturated rings. The molecule has 148 valence electrons. The van der Waals surface area contributed by atoms with Crippen LogP contribution in [0.5, 0.6) is 0 Å². The average molecular weight is 393 g/mol. The zero-order valence-electron chi connectivity index (χ0n) is 17.1. The lowest BCUT2D eigenvalue weighted by Gasteiger charge is -2.14. The molecule has 0 spiro atoms. The highest BCUT2D eigenvalue weighted by Crippen LogP contribution is 2.20. The van der Waals surface area contributed by atoms with Gasteiger partial charge in [-0.15, -0.1) is 0 Å². The standard InChI is InChI=1S/C25H23N5/c1-19(25-17-29-30(20(25)2)24-6-4-3-5-7-24)28-16-22-11-8-21(9-12-22)10-13-23-14-26-18-27-15-23/h3-9,11-12,14-15,17-19,28H,16H2,1-2H3. The van der Waals surface area contributed by atoms with E-state index in [1.165, 1.54) is 17.5 Å². The number of hydrogen-bond acceptors (Lipinski definition) is 4. The normalized spacial score (nSPS) is 11.5. The summed E-state index contributed by atoms with van der Waals surface area (Å²) < 4.78 is 1.98. The van der Waals surface area contributed by atoms with Gasteiger partial charge < -0.3 is 5.32 Å². The molecular weight excluding hydrogens is 370 g/mol. The van der Waals surface area contributed by atoms with Crippen molar-refractivity contribution in [3.8, 4) is 17.5 Å². The van der Waals surface area contributed by atoms with Gasteiger partial charge in [0.15, 0.2) is 0 Å². The average Bonchev–Trinajstić information content (AvgIpc) is 3.19. The van der Waals surface area contributed by atoms with Gasteiger partial charge in [0.2, 0.25) is 0 Å². The molecule has 30 heavy (non-hydrogen) atoms. The van der Waals surface area contributed by atoms with Crippen molar-refractivity contribution in [3.63, 3.8) is 0 Å². The minimum Gasteiger partial charge on any atom is -0.306 e. The second kappa shape index (κ2) is 9.17. The summed E-state index contributed by atoms with van der Waals surface area (Å²) in [5.74, 6) is 6.22. The Bertz CT molecular complexity index is 1150. The minimum atomic E-state index is 0.194. The molecule has 1 unspecified atom stereocenters. The third kappa shape index (κ3) is 4.62. The molecule has 2 aromatic heterocycles. The molecule has 0 bridgehead atoms. The third-order valence-corrected chi connectivity index (χ3v) is 4.99. The van der Waals surface area contributed by atoms with Crippen LogP contribution in [0.4, 0.5) is 0 Å². The largest absolute Gasteiger partial charge is 0.306 e. The zero-order valence-corrected chi connectivity index (χ0v) is 17.1. The third-order valence-electron chi connectivity index (χ3n) is 4.99. The second-order valence-corrected chi connectivity index (χ2v) is 7.11. The predicted octanol–water partition coefficient (Wildman–Crippen LogP) is 4.22. The molecule has 0 radical (unpaired) electrons. The maximum atomic E-state index is 4.57. The molecule has 0 saturated carbocycles. The van der Waals surface area contributed by atoms with Crippen molar-refractivity contribution in [2.45, 2.75) is 26.4 Å². The summed E-state index contributed by atoms with van der Waals surface area (Å²) in [6.45, 7) is 5.05. The molecule has 4 rings (SSSR count). The SMILES string of the molecule is Cc1c(C(C)NCc2ccc(C#Cc3cncnc3)cc2)cnn1-c1ccccc1. The smallest absolute Gasteiger partial charge is 0.115 e. The van der Waals surface area contributed by atoms with Crippen LogP contribution in [0.15, 0.2) is 79.5 Å². The summed E-state index contributed by atoms with van der Waals surface area (Å²) in [5.41, 5.74) is 6.41. The fourth-order valence-corrected chi connectivity index (χ4v) is 3.27. The van der Waals surface area contributed by atoms with E-state index in [1.807, 2.05) is 41.2 Å². The summed E-state index contributed by atoms with van der Waals surface area (Å²) >= 11 is 0. The van der Waals surface area contributed by atoms with Crippen LogP contribution in [-0.4, -0.2) is 19.7 Å². The fourth-order valence-electron chi connectivity index (χ4n) is 3.27. The van der Waals surface area contributed by atoms with Crippen molar-refractivity contribution in [1.82, 2.24) is 25.1 Å². The van der Waals surface area contributed by atoms with Crippen LogP contribution in [-0.2, 0) is 6.54 Å². The van der Waals surface area contributed by atoms with Crippen LogP contribution < -0.4 is 5.32 Å². The van der Waals surface area contributed by atoms with E-state index in [4.69, 9.17) is 0 Å². The minimum absolute atomic E-state index is 0.194. The predicted molar refractivity (Wildman–Crippen MR) is 118 cm³/mol. The van der Waals surface area contributed by atoms with Crippen molar-refractivity contribution in [1.29, 1.82) is 0 Å². The molecule has 5 heteroatoms. The van der Waals surface area contributed by atoms with E-state index < -0.39 is 0 Å². The molecule has 1 N–H and O–H groups in total. The van der Waals surface area contributed by atoms with Crippen LogP contribution in [0, 0.1) is 18.8 Å². The fraction of sp³-hybridized carbons (Fsp3) is 0.160. The lowest BCUT2D eigenvalue weighted by atomic mass is 10.1. The van der Waals surface area contributed by atoms with Crippen LogP contribution in [0.3, 0.4) is 0 Å². The summed E-state index contributed by atoms with van der Waals surface area (Å²) in [7, 11) is 0. The zero-order chi connectivity index (χ0) is 20.8. The first-order chi connectivity index (χ1) is 14.7. The second-order valence-electron chi connectivity index (χ2n) is 7.11. The Morgan fingerprint density at radius 3 is 2.33 bits per heavy atom. The summed E-state index contributed by atoms with van der Waals surface area (Å²) in [5, 5.41) is 8.16. The monoisotopic (exact) mass is 393 g/mol. The maximum absolute atomic E-state index is 4.57. The first-order valence-corrected chi connectivity index (χ1v) is 9.90. The summed E-state index contributed by atoms with van der Waals surface area (Å²) in [6.07, 6.45) is 6.87. The number of rotatable bonds is 5. The van der Waals surface area contributed by atoms with Crippen molar-refractivity contribution in [2.24, 2.45) is 0 Å². The highest BCUT2D eigenvalue weighted by molar-refractivity contribution is 5.42. The van der Waals surface area contributed by atoms with Gasteiger partial charge in [-0.3, -0.25) is 0 Å². The molecule has 2 heterocycles. The Morgan fingerprint density at radius 1 is 0.900 bits per heavy atom. The molecule has 1 atom stereocenters. The Kier molecular flexibility index (Phi) is 5.98. The number of aromatic nitrogens is 4. The van der Waals surface area contributed by atoms with Crippen LogP contribution in [0.1, 0.15) is 40.9 Å². The molecule has 0 aliphatic heterocycles. The van der Waals surface area contributed by atoms with Gasteiger partial charge in [0, 0.05) is 41.8 Å². The Balaban J connectivity index is 1.38. The van der Waals surface area contributed by atoms with Crippen molar-refractivity contribution < 1.29 is 0 Å². The molecule has 0 aliphatic rings. The molecule has 0 aliphatic carbocycles. The number of nitrogens with zero attached hydrogens (tertiary/aromatic N) is 4. The lowest BCUT2D eigenvalue weighted by molar-refractivity contribution is 0.571. The molecule has 2 aromatic carbocycles. The van der Waals surface area contributed by atoms with Gasteiger partial charge in [-0.2, -0.15) is 5.10 Å². The van der Waals surface area contributed by atoms with E-state index in [0.29, 0.717) is 0 Å². The van der Waals surface area contributed by atoms with Gasteiger partial charge in [0.25, 0.3) is 0 Å². The first-order valence-electron chi connectivity index (χ1n) is 9.90. The van der Waals surface area contributed by atoms with Gasteiger partial charge in [0.05, 0.1) is 17.4 Å². The van der Waals surface area contributed by atoms with E-state index >= 15 is 0 Å². The van der Waals surface area contributed by atoms with Gasteiger partial charge in [-0.1, -0.05) is 42.2 Å². The number of benzene rings is 2. The van der Waals surface area contributed by atoms with Crippen molar-refractivity contribution in [3.05, 3.63) is 107 Å². The lowest BCUT2D eigenvalue weighted by Crippen LogP contribution is -2.18. The molecular formula is C25H23N5. The highest BCUT2D eigenvalue weighted by Gasteiger charge is 2.13. The molecule has 0 amide bonds. The van der Waals surface area contributed by atoms with E-state index in [2.05, 4.69) is 70.3 Å². The quantitative estimate of drug-likeness (QED) is 0.516. The first kappa shape index (κ1) is 19.6. The topological polar surface area (TPSA) is 55.6 Å². The molecule has 0 saturated heterocycles. The highest BCUT2D eigenvalue weighted by atomic mass is 15.3. The van der Waals surface area contributed by atoms with Crippen molar-refractivity contribution in [2.75, 3.05) is 0 Å². The Hall–Kier alpha value is -3.75. The molecule has 5 nitrogen and oxygen atoms in total. The van der Waals surface area contributed by atoms with Gasteiger partial charge in [-0.05, 0) is 43.7 Å². The van der Waals surface area contributed by atoms with E-state index in [9.17, 15) is 0 Å². The number of hydrogen-bond donors (Lipinski definition) is 1. The summed E-state index contributed by atoms with van der Waals surface area (Å²) in [6, 6.07) is 18.7. The number of nitrogens with one attached hydrogen (secondary N) is 1. The van der Waals surface area contributed by atoms with E-state index in [1.54, 1.807) is 12.4 Å². The molecule has 4 aromatic rings. The van der Waals surface area contributed by atoms with Crippen LogP contribution in [0.2, 0.25) is 0 Å². The van der Waals surface area contributed by atoms with Gasteiger partial charge >= 0.3 is 0 Å². The van der Waals surface area contributed by atoms with Crippen molar-refractivity contribution >= 4 is 0 Å². The van der Waals surface area contributed by atoms with Crippen LogP contribution >= 0.6 is 0 Å². The number of para-hydroxylation sites is 1. The van der Waals surface area contributed by atoms with E-state index in [-0.39, 0.29) is 6.04 Å². The van der Waals surface area contributed by atoms with Gasteiger partial charge in [0.1, 0.15) is 6.33 Å².